The van der Waals surface area contributed by atoms with Crippen LogP contribution in [0.4, 0.5) is 8.78 Å². The van der Waals surface area contributed by atoms with E-state index in [9.17, 15) is 18.4 Å². The highest BCUT2D eigenvalue weighted by atomic mass is 19.3. The minimum Gasteiger partial charge on any atom is -0.395 e. The van der Waals surface area contributed by atoms with E-state index in [0.717, 1.165) is 12.8 Å². The number of carbonyl (C=O) groups excluding carboxylic acids is 2. The van der Waals surface area contributed by atoms with Crippen LogP contribution in [0, 0.1) is 5.92 Å². The van der Waals surface area contributed by atoms with Gasteiger partial charge in [-0.1, -0.05) is 6.92 Å². The Hall–Kier alpha value is -1.98. The third kappa shape index (κ3) is 2.62. The monoisotopic (exact) mass is 296 g/mol. The summed E-state index contributed by atoms with van der Waals surface area (Å²) in [6.07, 6.45) is -1.90. The zero-order chi connectivity index (χ0) is 15.2. The van der Waals surface area contributed by atoms with Gasteiger partial charge in [-0.2, -0.15) is 0 Å². The first-order chi connectivity index (χ1) is 9.91. The van der Waals surface area contributed by atoms with Gasteiger partial charge in [0.1, 0.15) is 5.78 Å². The topological polar surface area (TPSA) is 52.6 Å². The summed E-state index contributed by atoms with van der Waals surface area (Å²) in [4.78, 5) is 24.0. The minimum atomic E-state index is -3.71. The third-order valence-electron chi connectivity index (χ3n) is 3.70. The number of benzene rings is 1. The summed E-state index contributed by atoms with van der Waals surface area (Å²) in [5.41, 5.74) is 0.616. The van der Waals surface area contributed by atoms with Crippen molar-refractivity contribution in [1.29, 1.82) is 0 Å². The molecule has 0 radical (unpaired) electrons. The number of ketones is 2. The van der Waals surface area contributed by atoms with E-state index >= 15 is 0 Å². The Bertz CT molecular complexity index is 620. The molecular formula is C15H14F2O4. The fourth-order valence-electron chi connectivity index (χ4n) is 2.48. The molecule has 6 heteroatoms. The number of rotatable bonds is 5. The number of alkyl halides is 2. The van der Waals surface area contributed by atoms with Gasteiger partial charge < -0.3 is 9.47 Å². The summed E-state index contributed by atoms with van der Waals surface area (Å²) in [6.45, 7) is 1.73. The predicted molar refractivity (Wildman–Crippen MR) is 68.7 cm³/mol. The first-order valence-electron chi connectivity index (χ1n) is 6.89. The fourth-order valence-corrected chi connectivity index (χ4v) is 2.48. The van der Waals surface area contributed by atoms with Gasteiger partial charge in [-0.3, -0.25) is 9.59 Å². The number of hydrogen-bond acceptors (Lipinski definition) is 4. The number of ether oxygens (including phenoxy) is 2. The normalized spacial score (nSPS) is 18.6. The highest BCUT2D eigenvalue weighted by Crippen LogP contribution is 2.45. The second-order valence-electron chi connectivity index (χ2n) is 5.28. The molecule has 112 valence electrons. The second-order valence-corrected chi connectivity index (χ2v) is 5.28. The Balaban J connectivity index is 1.89. The molecule has 1 aliphatic heterocycles. The maximum absolute atomic E-state index is 13.1. The average molecular weight is 296 g/mol. The van der Waals surface area contributed by atoms with Crippen LogP contribution >= 0.6 is 0 Å². The van der Waals surface area contributed by atoms with Crippen molar-refractivity contribution in [3.8, 4) is 11.5 Å². The quantitative estimate of drug-likeness (QED) is 0.619. The molecule has 1 aromatic carbocycles. The van der Waals surface area contributed by atoms with Gasteiger partial charge in [-0.25, -0.2) is 0 Å². The largest absolute Gasteiger partial charge is 0.586 e. The van der Waals surface area contributed by atoms with E-state index in [2.05, 4.69) is 9.47 Å². The van der Waals surface area contributed by atoms with Crippen LogP contribution in [-0.4, -0.2) is 17.9 Å². The summed E-state index contributed by atoms with van der Waals surface area (Å²) < 4.78 is 35.1. The van der Waals surface area contributed by atoms with Crippen molar-refractivity contribution in [3.05, 3.63) is 23.3 Å². The van der Waals surface area contributed by atoms with E-state index in [1.165, 1.54) is 12.1 Å². The zero-order valence-electron chi connectivity index (χ0n) is 11.4. The Kier molecular flexibility index (Phi) is 3.19. The molecule has 21 heavy (non-hydrogen) atoms. The maximum atomic E-state index is 13.1. The summed E-state index contributed by atoms with van der Waals surface area (Å²) >= 11 is 0. The molecule has 1 aromatic rings. The molecule has 1 heterocycles. The Labute approximate surface area is 120 Å². The lowest BCUT2D eigenvalue weighted by atomic mass is 9.96. The van der Waals surface area contributed by atoms with Crippen LogP contribution in [0.15, 0.2) is 12.1 Å². The van der Waals surface area contributed by atoms with Crippen LogP contribution in [0.1, 0.15) is 42.1 Å². The second kappa shape index (κ2) is 4.79. The number of hydrogen-bond donors (Lipinski definition) is 0. The van der Waals surface area contributed by atoms with Crippen molar-refractivity contribution < 1.29 is 27.8 Å². The fraction of sp³-hybridized carbons (Fsp3) is 0.467. The molecule has 0 atom stereocenters. The van der Waals surface area contributed by atoms with Crippen LogP contribution in [0.2, 0.25) is 0 Å². The Morgan fingerprint density at radius 1 is 1.29 bits per heavy atom. The van der Waals surface area contributed by atoms with Crippen LogP contribution in [0.3, 0.4) is 0 Å². The Morgan fingerprint density at radius 3 is 2.62 bits per heavy atom. The third-order valence-corrected chi connectivity index (χ3v) is 3.70. The predicted octanol–water partition coefficient (Wildman–Crippen LogP) is 3.12. The first-order valence-corrected chi connectivity index (χ1v) is 6.89. The molecule has 0 saturated heterocycles. The van der Waals surface area contributed by atoms with Crippen molar-refractivity contribution in [2.75, 3.05) is 0 Å². The van der Waals surface area contributed by atoms with Gasteiger partial charge >= 0.3 is 6.29 Å². The van der Waals surface area contributed by atoms with Gasteiger partial charge in [-0.15, -0.1) is 8.78 Å². The van der Waals surface area contributed by atoms with E-state index in [4.69, 9.17) is 0 Å². The van der Waals surface area contributed by atoms with E-state index < -0.39 is 6.29 Å². The molecule has 1 saturated carbocycles. The lowest BCUT2D eigenvalue weighted by Gasteiger charge is -2.10. The number of Topliss-reactive ketones (excluding diaryl/α,β-unsaturated/α-hetero) is 2. The lowest BCUT2D eigenvalue weighted by molar-refractivity contribution is -0.286. The molecule has 3 rings (SSSR count). The van der Waals surface area contributed by atoms with Gasteiger partial charge in [-0.05, 0) is 31.4 Å². The highest BCUT2D eigenvalue weighted by Gasteiger charge is 2.45. The molecule has 2 aliphatic rings. The van der Waals surface area contributed by atoms with Gasteiger partial charge in [0.2, 0.25) is 0 Å². The number of halogens is 2. The number of carbonyl (C=O) groups is 2. The van der Waals surface area contributed by atoms with E-state index in [1.807, 2.05) is 0 Å². The van der Waals surface area contributed by atoms with Crippen molar-refractivity contribution in [2.24, 2.45) is 5.92 Å². The van der Waals surface area contributed by atoms with Crippen LogP contribution in [0.25, 0.3) is 0 Å². The van der Waals surface area contributed by atoms with Crippen molar-refractivity contribution >= 4 is 11.6 Å². The van der Waals surface area contributed by atoms with Gasteiger partial charge in [0.15, 0.2) is 17.3 Å². The molecule has 0 unspecified atom stereocenters. The summed E-state index contributed by atoms with van der Waals surface area (Å²) in [7, 11) is 0. The highest BCUT2D eigenvalue weighted by molar-refractivity contribution is 6.10. The molecule has 0 bridgehead atoms. The van der Waals surface area contributed by atoms with Crippen LogP contribution in [0.5, 0.6) is 11.5 Å². The summed E-state index contributed by atoms with van der Waals surface area (Å²) in [5, 5.41) is 0. The van der Waals surface area contributed by atoms with E-state index in [0.29, 0.717) is 12.0 Å². The van der Waals surface area contributed by atoms with Crippen molar-refractivity contribution in [3.63, 3.8) is 0 Å². The molecule has 0 spiro atoms. The van der Waals surface area contributed by atoms with Gasteiger partial charge in [0.25, 0.3) is 0 Å². The Morgan fingerprint density at radius 2 is 2.00 bits per heavy atom. The molecule has 0 aromatic heterocycles. The summed E-state index contributed by atoms with van der Waals surface area (Å²) in [5.74, 6) is -0.623. The van der Waals surface area contributed by atoms with Gasteiger partial charge in [0, 0.05) is 17.0 Å². The maximum Gasteiger partial charge on any atom is 0.586 e. The molecule has 1 aliphatic carbocycles. The van der Waals surface area contributed by atoms with E-state index in [1.54, 1.807) is 6.92 Å². The molecule has 4 nitrogen and oxygen atoms in total. The SMILES string of the molecule is CCc1c(C(=O)CC(=O)C2CC2)ccc2c1OC(F)(F)O2. The molecule has 0 N–H and O–H groups in total. The van der Waals surface area contributed by atoms with Crippen LogP contribution in [-0.2, 0) is 11.2 Å². The first kappa shape index (κ1) is 14.0. The lowest BCUT2D eigenvalue weighted by Crippen LogP contribution is -2.26. The molecule has 0 amide bonds. The average Bonchev–Trinajstić information content (AvgIpc) is 3.19. The van der Waals surface area contributed by atoms with Crippen molar-refractivity contribution in [2.45, 2.75) is 38.9 Å². The molecular weight excluding hydrogens is 282 g/mol. The number of fused-ring (bicyclic) bond motifs is 1. The van der Waals surface area contributed by atoms with Crippen LogP contribution < -0.4 is 9.47 Å². The minimum absolute atomic E-state index is 0.00243. The summed E-state index contributed by atoms with van der Waals surface area (Å²) in [6, 6.07) is 2.70. The van der Waals surface area contributed by atoms with Gasteiger partial charge in [0.05, 0.1) is 6.42 Å². The standard InChI is InChI=1S/C15H14F2O4/c1-2-9-10(12(19)7-11(18)8-3-4-8)5-6-13-14(9)21-15(16,17)20-13/h5-6,8H,2-4,7H2,1H3. The van der Waals surface area contributed by atoms with Crippen molar-refractivity contribution in [1.82, 2.24) is 0 Å². The molecule has 1 fully saturated rings. The zero-order valence-corrected chi connectivity index (χ0v) is 11.4. The van der Waals surface area contributed by atoms with E-state index in [-0.39, 0.29) is 41.0 Å². The smallest absolute Gasteiger partial charge is 0.395 e.